The molecule has 0 aliphatic carbocycles. The summed E-state index contributed by atoms with van der Waals surface area (Å²) in [6.45, 7) is 5.31. The van der Waals surface area contributed by atoms with Crippen molar-refractivity contribution >= 4 is 11.8 Å². The minimum atomic E-state index is -0.373. The molecule has 1 fully saturated rings. The number of carbonyl (C=O) groups excluding carboxylic acids is 1. The molecule has 0 atom stereocenters. The van der Waals surface area contributed by atoms with Crippen LogP contribution in [0.4, 0.5) is 10.5 Å². The second-order valence-corrected chi connectivity index (χ2v) is 4.92. The third-order valence-corrected chi connectivity index (χ3v) is 3.68. The van der Waals surface area contributed by atoms with Gasteiger partial charge in [0.1, 0.15) is 5.75 Å². The van der Waals surface area contributed by atoms with Crippen molar-refractivity contribution in [3.8, 4) is 5.75 Å². The highest BCUT2D eigenvalue weighted by molar-refractivity contribution is 5.66. The molecule has 0 unspecified atom stereocenters. The highest BCUT2D eigenvalue weighted by Crippen LogP contribution is 2.28. The maximum absolute atomic E-state index is 11.0. The molecular formula is C15H23N3O3. The van der Waals surface area contributed by atoms with Gasteiger partial charge in [-0.3, -0.25) is 4.90 Å². The normalized spacial score (nSPS) is 15.6. The van der Waals surface area contributed by atoms with E-state index in [0.717, 1.165) is 44.2 Å². The van der Waals surface area contributed by atoms with Crippen LogP contribution >= 0.6 is 0 Å². The van der Waals surface area contributed by atoms with Crippen molar-refractivity contribution in [1.82, 2.24) is 10.2 Å². The Balaban J connectivity index is 1.79. The molecule has 2 rings (SSSR count). The molecule has 1 aromatic carbocycles. The van der Waals surface area contributed by atoms with E-state index < -0.39 is 0 Å². The maximum Gasteiger partial charge on any atom is 0.406 e. The number of carbonyl (C=O) groups is 1. The number of nitrogens with zero attached hydrogens (tertiary/aromatic N) is 2. The summed E-state index contributed by atoms with van der Waals surface area (Å²) in [5.41, 5.74) is 1.15. The molecule has 0 spiro atoms. The highest BCUT2D eigenvalue weighted by atomic mass is 16.5. The number of anilines is 1. The molecule has 0 saturated carbocycles. The van der Waals surface area contributed by atoms with Crippen LogP contribution in [0.2, 0.25) is 0 Å². The van der Waals surface area contributed by atoms with Gasteiger partial charge in [-0.1, -0.05) is 12.1 Å². The van der Waals surface area contributed by atoms with E-state index in [4.69, 9.17) is 4.74 Å². The number of piperazine rings is 1. The summed E-state index contributed by atoms with van der Waals surface area (Å²) >= 11 is 0. The molecule has 6 nitrogen and oxygen atoms in total. The van der Waals surface area contributed by atoms with Gasteiger partial charge in [-0.25, -0.2) is 4.79 Å². The van der Waals surface area contributed by atoms with Crippen LogP contribution in [0.5, 0.6) is 5.75 Å². The monoisotopic (exact) mass is 293 g/mol. The number of benzene rings is 1. The van der Waals surface area contributed by atoms with E-state index in [1.807, 2.05) is 18.2 Å². The summed E-state index contributed by atoms with van der Waals surface area (Å²) in [6, 6.07) is 8.09. The van der Waals surface area contributed by atoms with Gasteiger partial charge < -0.3 is 19.7 Å². The Kier molecular flexibility index (Phi) is 5.68. The molecule has 0 aromatic heterocycles. The lowest BCUT2D eigenvalue weighted by atomic mass is 10.2. The van der Waals surface area contributed by atoms with Gasteiger partial charge in [-0.05, 0) is 12.1 Å². The summed E-state index contributed by atoms with van der Waals surface area (Å²) in [5, 5.41) is 2.70. The van der Waals surface area contributed by atoms with Gasteiger partial charge in [0.15, 0.2) is 0 Å². The molecule has 1 N–H and O–H groups in total. The fourth-order valence-electron chi connectivity index (χ4n) is 2.49. The SMILES string of the molecule is COC(=O)NCCN1CCN(c2ccccc2OC)CC1. The van der Waals surface area contributed by atoms with E-state index in [1.54, 1.807) is 7.11 Å². The summed E-state index contributed by atoms with van der Waals surface area (Å²) in [7, 11) is 3.08. The predicted octanol–water partition coefficient (Wildman–Crippen LogP) is 1.17. The zero-order chi connectivity index (χ0) is 15.1. The average molecular weight is 293 g/mol. The second-order valence-electron chi connectivity index (χ2n) is 4.92. The first-order valence-corrected chi connectivity index (χ1v) is 7.16. The summed E-state index contributed by atoms with van der Waals surface area (Å²) in [5.74, 6) is 0.915. The van der Waals surface area contributed by atoms with Crippen molar-refractivity contribution in [3.63, 3.8) is 0 Å². The molecule has 1 aliphatic rings. The molecule has 1 amide bonds. The minimum Gasteiger partial charge on any atom is -0.495 e. The topological polar surface area (TPSA) is 54.0 Å². The van der Waals surface area contributed by atoms with Crippen LogP contribution in [0, 0.1) is 0 Å². The van der Waals surface area contributed by atoms with Crippen molar-refractivity contribution < 1.29 is 14.3 Å². The van der Waals surface area contributed by atoms with Gasteiger partial charge in [0.25, 0.3) is 0 Å². The average Bonchev–Trinajstić information content (AvgIpc) is 2.55. The Hall–Kier alpha value is -1.95. The van der Waals surface area contributed by atoms with Gasteiger partial charge in [0.05, 0.1) is 19.9 Å². The molecule has 1 aliphatic heterocycles. The number of nitrogens with one attached hydrogen (secondary N) is 1. The van der Waals surface area contributed by atoms with E-state index in [-0.39, 0.29) is 6.09 Å². The standard InChI is InChI=1S/C15H23N3O3/c1-20-14-6-4-3-5-13(14)18-11-9-17(10-12-18)8-7-16-15(19)21-2/h3-6H,7-12H2,1-2H3,(H,16,19). The number of methoxy groups -OCH3 is 2. The fraction of sp³-hybridized carbons (Fsp3) is 0.533. The lowest BCUT2D eigenvalue weighted by molar-refractivity contribution is 0.168. The fourth-order valence-corrected chi connectivity index (χ4v) is 2.49. The van der Waals surface area contributed by atoms with Gasteiger partial charge in [0.2, 0.25) is 0 Å². The van der Waals surface area contributed by atoms with E-state index >= 15 is 0 Å². The molecule has 0 radical (unpaired) electrons. The van der Waals surface area contributed by atoms with Crippen molar-refractivity contribution in [2.75, 3.05) is 58.4 Å². The third kappa shape index (κ3) is 4.26. The van der Waals surface area contributed by atoms with Crippen LogP contribution in [0.1, 0.15) is 0 Å². The zero-order valence-corrected chi connectivity index (χ0v) is 12.7. The zero-order valence-electron chi connectivity index (χ0n) is 12.7. The molecule has 1 aromatic rings. The number of para-hydroxylation sites is 2. The number of ether oxygens (including phenoxy) is 2. The summed E-state index contributed by atoms with van der Waals surface area (Å²) in [6.07, 6.45) is -0.373. The molecule has 0 bridgehead atoms. The first kappa shape index (κ1) is 15.4. The van der Waals surface area contributed by atoms with Crippen LogP contribution in [0.25, 0.3) is 0 Å². The van der Waals surface area contributed by atoms with Crippen molar-refractivity contribution in [2.24, 2.45) is 0 Å². The first-order chi connectivity index (χ1) is 10.2. The number of alkyl carbamates (subject to hydrolysis) is 1. The van der Waals surface area contributed by atoms with E-state index in [1.165, 1.54) is 7.11 Å². The number of amides is 1. The highest BCUT2D eigenvalue weighted by Gasteiger charge is 2.19. The Morgan fingerprint density at radius 1 is 1.19 bits per heavy atom. The molecule has 116 valence electrons. The minimum absolute atomic E-state index is 0.373. The lowest BCUT2D eigenvalue weighted by Crippen LogP contribution is -2.48. The van der Waals surface area contributed by atoms with Crippen LogP contribution in [-0.4, -0.2) is 64.5 Å². The van der Waals surface area contributed by atoms with Crippen molar-refractivity contribution in [1.29, 1.82) is 0 Å². The molecule has 21 heavy (non-hydrogen) atoms. The second kappa shape index (κ2) is 7.73. The van der Waals surface area contributed by atoms with Crippen molar-refractivity contribution in [3.05, 3.63) is 24.3 Å². The number of hydrogen-bond acceptors (Lipinski definition) is 5. The van der Waals surface area contributed by atoms with Crippen LogP contribution in [0.3, 0.4) is 0 Å². The van der Waals surface area contributed by atoms with Crippen LogP contribution < -0.4 is 15.0 Å². The Labute approximate surface area is 125 Å². The van der Waals surface area contributed by atoms with Crippen molar-refractivity contribution in [2.45, 2.75) is 0 Å². The summed E-state index contributed by atoms with van der Waals surface area (Å²) in [4.78, 5) is 15.7. The summed E-state index contributed by atoms with van der Waals surface area (Å²) < 4.78 is 9.96. The van der Waals surface area contributed by atoms with Gasteiger partial charge >= 0.3 is 6.09 Å². The molecule has 1 heterocycles. The quantitative estimate of drug-likeness (QED) is 0.883. The third-order valence-electron chi connectivity index (χ3n) is 3.68. The predicted molar refractivity (Wildman–Crippen MR) is 82.1 cm³/mol. The van der Waals surface area contributed by atoms with E-state index in [0.29, 0.717) is 6.54 Å². The van der Waals surface area contributed by atoms with Gasteiger partial charge in [0, 0.05) is 39.3 Å². The lowest BCUT2D eigenvalue weighted by Gasteiger charge is -2.36. The van der Waals surface area contributed by atoms with Gasteiger partial charge in [-0.15, -0.1) is 0 Å². The maximum atomic E-state index is 11.0. The Morgan fingerprint density at radius 3 is 2.57 bits per heavy atom. The van der Waals surface area contributed by atoms with Crippen LogP contribution in [-0.2, 0) is 4.74 Å². The number of rotatable bonds is 5. The Bertz CT molecular complexity index is 459. The van der Waals surface area contributed by atoms with Crippen LogP contribution in [0.15, 0.2) is 24.3 Å². The number of hydrogen-bond donors (Lipinski definition) is 1. The molecular weight excluding hydrogens is 270 g/mol. The van der Waals surface area contributed by atoms with E-state index in [9.17, 15) is 4.79 Å². The smallest absolute Gasteiger partial charge is 0.406 e. The van der Waals surface area contributed by atoms with Gasteiger partial charge in [-0.2, -0.15) is 0 Å². The van der Waals surface area contributed by atoms with E-state index in [2.05, 4.69) is 25.9 Å². The Morgan fingerprint density at radius 2 is 1.90 bits per heavy atom. The largest absolute Gasteiger partial charge is 0.495 e. The molecule has 6 heteroatoms. The molecule has 1 saturated heterocycles. The first-order valence-electron chi connectivity index (χ1n) is 7.16.